The third kappa shape index (κ3) is 8.43. The smallest absolute Gasteiger partial charge is 0.349 e. The normalized spacial score (nSPS) is 12.7. The molecule has 0 aliphatic rings. The van der Waals surface area contributed by atoms with E-state index in [2.05, 4.69) is 5.73 Å². The molecule has 3 nitrogen and oxygen atoms in total. The van der Waals surface area contributed by atoms with Crippen LogP contribution in [0.1, 0.15) is 0 Å². The number of hydrogen-bond acceptors (Lipinski definition) is 3. The van der Waals surface area contributed by atoms with Crippen LogP contribution in [0.5, 0.6) is 0 Å². The minimum Gasteiger partial charge on any atom is -0.349 e. The zero-order chi connectivity index (χ0) is 12.1. The minimum atomic E-state index is -4.55. The standard InChI is InChI=1S/C6H9F5N2OS/c7-5(8,2-12)3-13-4(14)1-15-6(9,10)11/h1-3,12H2,(H,13,14). The van der Waals surface area contributed by atoms with E-state index in [9.17, 15) is 26.7 Å². The van der Waals surface area contributed by atoms with Gasteiger partial charge in [-0.2, -0.15) is 13.2 Å². The molecule has 90 valence electrons. The molecular weight excluding hydrogens is 243 g/mol. The summed E-state index contributed by atoms with van der Waals surface area (Å²) in [6.07, 6.45) is 0. The molecule has 0 fully saturated rings. The number of nitrogens with one attached hydrogen (secondary N) is 1. The number of halogens is 5. The largest absolute Gasteiger partial charge is 0.442 e. The third-order valence-corrected chi connectivity index (χ3v) is 1.94. The van der Waals surface area contributed by atoms with Crippen molar-refractivity contribution in [1.82, 2.24) is 5.32 Å². The topological polar surface area (TPSA) is 55.1 Å². The Balaban J connectivity index is 3.77. The molecular formula is C6H9F5N2OS. The molecule has 9 heteroatoms. The average molecular weight is 252 g/mol. The van der Waals surface area contributed by atoms with Crippen molar-refractivity contribution in [2.24, 2.45) is 5.73 Å². The van der Waals surface area contributed by atoms with E-state index >= 15 is 0 Å². The molecule has 0 saturated carbocycles. The van der Waals surface area contributed by atoms with E-state index in [-0.39, 0.29) is 0 Å². The molecule has 0 aliphatic carbocycles. The fourth-order valence-corrected chi connectivity index (χ4v) is 0.895. The van der Waals surface area contributed by atoms with Gasteiger partial charge in [-0.05, 0) is 11.8 Å². The van der Waals surface area contributed by atoms with Crippen molar-refractivity contribution < 1.29 is 26.7 Å². The minimum absolute atomic E-state index is 0.588. The molecule has 0 rings (SSSR count). The van der Waals surface area contributed by atoms with E-state index in [4.69, 9.17) is 0 Å². The maximum Gasteiger partial charge on any atom is 0.442 e. The molecule has 0 heterocycles. The van der Waals surface area contributed by atoms with Crippen LogP contribution in [0.3, 0.4) is 0 Å². The third-order valence-electron chi connectivity index (χ3n) is 1.21. The molecule has 0 aliphatic heterocycles. The van der Waals surface area contributed by atoms with Gasteiger partial charge in [0.05, 0.1) is 18.8 Å². The summed E-state index contributed by atoms with van der Waals surface area (Å²) in [7, 11) is 0. The second-order valence-corrected chi connectivity index (χ2v) is 3.61. The van der Waals surface area contributed by atoms with Gasteiger partial charge < -0.3 is 11.1 Å². The lowest BCUT2D eigenvalue weighted by molar-refractivity contribution is -0.120. The summed E-state index contributed by atoms with van der Waals surface area (Å²) in [6, 6.07) is 0. The molecule has 0 bridgehead atoms. The molecule has 0 aromatic rings. The first kappa shape index (κ1) is 14.4. The summed E-state index contributed by atoms with van der Waals surface area (Å²) in [4.78, 5) is 10.6. The van der Waals surface area contributed by atoms with Crippen molar-refractivity contribution in [3.05, 3.63) is 0 Å². The highest BCUT2D eigenvalue weighted by Crippen LogP contribution is 2.29. The Labute approximate surface area is 86.6 Å². The summed E-state index contributed by atoms with van der Waals surface area (Å²) in [5.74, 6) is -5.34. The Hall–Kier alpha value is -0.570. The lowest BCUT2D eigenvalue weighted by Gasteiger charge is -2.14. The molecule has 15 heavy (non-hydrogen) atoms. The van der Waals surface area contributed by atoms with Gasteiger partial charge in [0.15, 0.2) is 0 Å². The first-order valence-corrected chi connectivity index (χ1v) is 4.70. The highest BCUT2D eigenvalue weighted by molar-refractivity contribution is 8.00. The number of amides is 1. The van der Waals surface area contributed by atoms with Gasteiger partial charge in [-0.15, -0.1) is 0 Å². The van der Waals surface area contributed by atoms with Gasteiger partial charge in [0.2, 0.25) is 5.91 Å². The van der Waals surface area contributed by atoms with Gasteiger partial charge >= 0.3 is 5.51 Å². The number of nitrogens with two attached hydrogens (primary N) is 1. The van der Waals surface area contributed by atoms with Crippen molar-refractivity contribution in [2.45, 2.75) is 11.4 Å². The quantitative estimate of drug-likeness (QED) is 0.716. The van der Waals surface area contributed by atoms with E-state index in [1.54, 1.807) is 5.32 Å². The van der Waals surface area contributed by atoms with Crippen molar-refractivity contribution >= 4 is 17.7 Å². The van der Waals surface area contributed by atoms with Crippen molar-refractivity contribution in [3.63, 3.8) is 0 Å². The average Bonchev–Trinajstić information content (AvgIpc) is 2.10. The Bertz CT molecular complexity index is 220. The molecule has 0 radical (unpaired) electrons. The van der Waals surface area contributed by atoms with Crippen LogP contribution in [0, 0.1) is 0 Å². The predicted octanol–water partition coefficient (Wildman–Crippen LogP) is 0.950. The zero-order valence-electron chi connectivity index (χ0n) is 7.40. The lowest BCUT2D eigenvalue weighted by atomic mass is 10.3. The Morgan fingerprint density at radius 2 is 1.80 bits per heavy atom. The summed E-state index contributed by atoms with van der Waals surface area (Å²) in [6.45, 7) is -2.03. The number of rotatable bonds is 5. The first-order valence-electron chi connectivity index (χ1n) is 3.71. The summed E-state index contributed by atoms with van der Waals surface area (Å²) >= 11 is -0.588. The second kappa shape index (κ2) is 5.50. The number of carbonyl (C=O) groups excluding carboxylic acids is 1. The van der Waals surface area contributed by atoms with Crippen LogP contribution in [-0.2, 0) is 4.79 Å². The molecule has 0 unspecified atom stereocenters. The molecule has 0 atom stereocenters. The first-order chi connectivity index (χ1) is 6.66. The van der Waals surface area contributed by atoms with Crippen molar-refractivity contribution in [1.29, 1.82) is 0 Å². The number of carbonyl (C=O) groups is 1. The van der Waals surface area contributed by atoms with Crippen LogP contribution >= 0.6 is 11.8 Å². The van der Waals surface area contributed by atoms with Crippen LogP contribution in [0.2, 0.25) is 0 Å². The number of alkyl halides is 5. The van der Waals surface area contributed by atoms with Gasteiger partial charge in [-0.3, -0.25) is 4.79 Å². The number of hydrogen-bond donors (Lipinski definition) is 2. The molecule has 0 aromatic heterocycles. The molecule has 1 amide bonds. The maximum atomic E-state index is 12.4. The lowest BCUT2D eigenvalue weighted by Crippen LogP contribution is -2.42. The van der Waals surface area contributed by atoms with Gasteiger partial charge in [-0.25, -0.2) is 8.78 Å². The number of thioether (sulfide) groups is 1. The van der Waals surface area contributed by atoms with Gasteiger partial charge in [0.25, 0.3) is 5.92 Å². The fourth-order valence-electron chi connectivity index (χ4n) is 0.498. The Morgan fingerprint density at radius 3 is 2.20 bits per heavy atom. The van der Waals surface area contributed by atoms with Gasteiger partial charge in [-0.1, -0.05) is 0 Å². The zero-order valence-corrected chi connectivity index (χ0v) is 8.22. The van der Waals surface area contributed by atoms with E-state index in [0.717, 1.165) is 0 Å². The van der Waals surface area contributed by atoms with Crippen LogP contribution in [0.4, 0.5) is 22.0 Å². The Morgan fingerprint density at radius 1 is 1.27 bits per heavy atom. The fraction of sp³-hybridized carbons (Fsp3) is 0.833. The highest BCUT2D eigenvalue weighted by Gasteiger charge is 2.31. The molecule has 0 saturated heterocycles. The van der Waals surface area contributed by atoms with E-state index in [1.165, 1.54) is 0 Å². The van der Waals surface area contributed by atoms with Crippen LogP contribution in [0.25, 0.3) is 0 Å². The van der Waals surface area contributed by atoms with Crippen molar-refractivity contribution in [3.8, 4) is 0 Å². The van der Waals surface area contributed by atoms with E-state index in [0.29, 0.717) is 0 Å². The highest BCUT2D eigenvalue weighted by atomic mass is 32.2. The van der Waals surface area contributed by atoms with Gasteiger partial charge in [0.1, 0.15) is 0 Å². The summed E-state index contributed by atoms with van der Waals surface area (Å²) in [5, 5.41) is 1.66. The Kier molecular flexibility index (Phi) is 5.29. The molecule has 3 N–H and O–H groups in total. The SMILES string of the molecule is NCC(F)(F)CNC(=O)CSC(F)(F)F. The monoisotopic (exact) mass is 252 g/mol. The van der Waals surface area contributed by atoms with Crippen LogP contribution < -0.4 is 11.1 Å². The van der Waals surface area contributed by atoms with E-state index < -0.39 is 47.9 Å². The summed E-state index contributed by atoms with van der Waals surface area (Å²) in [5.41, 5.74) is 0.101. The second-order valence-electron chi connectivity index (χ2n) is 2.57. The maximum absolute atomic E-state index is 12.4. The van der Waals surface area contributed by atoms with Crippen LogP contribution in [-0.4, -0.2) is 36.2 Å². The van der Waals surface area contributed by atoms with Crippen molar-refractivity contribution in [2.75, 3.05) is 18.8 Å². The molecule has 0 aromatic carbocycles. The predicted molar refractivity (Wildman–Crippen MR) is 45.5 cm³/mol. The van der Waals surface area contributed by atoms with E-state index in [1.807, 2.05) is 0 Å². The molecule has 0 spiro atoms. The van der Waals surface area contributed by atoms with Gasteiger partial charge in [0, 0.05) is 0 Å². The summed E-state index contributed by atoms with van der Waals surface area (Å²) < 4.78 is 59.6. The van der Waals surface area contributed by atoms with Crippen LogP contribution in [0.15, 0.2) is 0 Å².